The lowest BCUT2D eigenvalue weighted by molar-refractivity contribution is -0.112. The molecule has 0 aliphatic rings. The SMILES string of the molecule is COC(=O)c1cc(OC)c(OC)cc1N/C=C(\C#N)C(=O)Nc1ccccc1. The molecule has 0 saturated carbocycles. The van der Waals surface area contributed by atoms with Gasteiger partial charge in [-0.25, -0.2) is 4.79 Å². The number of carbonyl (C=O) groups is 2. The first kappa shape index (κ1) is 20.3. The van der Waals surface area contributed by atoms with E-state index >= 15 is 0 Å². The van der Waals surface area contributed by atoms with Gasteiger partial charge in [0.15, 0.2) is 11.5 Å². The molecule has 144 valence electrons. The normalized spacial score (nSPS) is 10.4. The summed E-state index contributed by atoms with van der Waals surface area (Å²) in [6, 6.07) is 13.5. The standard InChI is InChI=1S/C20H19N3O5/c1-26-17-9-15(20(25)28-3)16(10-18(17)27-2)22-12-13(11-21)19(24)23-14-7-5-4-6-8-14/h4-10,12,22H,1-3H3,(H,23,24)/b13-12+. The van der Waals surface area contributed by atoms with Crippen LogP contribution in [-0.4, -0.2) is 33.2 Å². The fourth-order valence-electron chi connectivity index (χ4n) is 2.30. The van der Waals surface area contributed by atoms with E-state index in [0.29, 0.717) is 17.2 Å². The minimum Gasteiger partial charge on any atom is -0.493 e. The average molecular weight is 381 g/mol. The van der Waals surface area contributed by atoms with Gasteiger partial charge in [0, 0.05) is 24.0 Å². The van der Waals surface area contributed by atoms with E-state index in [9.17, 15) is 14.9 Å². The molecule has 2 aromatic carbocycles. The van der Waals surface area contributed by atoms with Crippen LogP contribution in [0, 0.1) is 11.3 Å². The van der Waals surface area contributed by atoms with Crippen molar-refractivity contribution in [2.24, 2.45) is 0 Å². The molecule has 0 saturated heterocycles. The van der Waals surface area contributed by atoms with Gasteiger partial charge < -0.3 is 24.8 Å². The molecule has 1 amide bonds. The lowest BCUT2D eigenvalue weighted by atomic mass is 10.1. The summed E-state index contributed by atoms with van der Waals surface area (Å²) in [4.78, 5) is 24.4. The van der Waals surface area contributed by atoms with Gasteiger partial charge in [-0.2, -0.15) is 5.26 Å². The largest absolute Gasteiger partial charge is 0.493 e. The first-order valence-corrected chi connectivity index (χ1v) is 8.11. The summed E-state index contributed by atoms with van der Waals surface area (Å²) in [5.41, 5.74) is 0.798. The van der Waals surface area contributed by atoms with Crippen molar-refractivity contribution in [2.45, 2.75) is 0 Å². The summed E-state index contributed by atoms with van der Waals surface area (Å²) in [7, 11) is 4.13. The summed E-state index contributed by atoms with van der Waals surface area (Å²) in [6.45, 7) is 0. The van der Waals surface area contributed by atoms with E-state index in [0.717, 1.165) is 0 Å². The predicted molar refractivity (Wildman–Crippen MR) is 103 cm³/mol. The molecule has 8 nitrogen and oxygen atoms in total. The number of methoxy groups -OCH3 is 3. The van der Waals surface area contributed by atoms with Crippen molar-refractivity contribution in [2.75, 3.05) is 32.0 Å². The summed E-state index contributed by atoms with van der Waals surface area (Å²) >= 11 is 0. The molecule has 2 N–H and O–H groups in total. The van der Waals surface area contributed by atoms with E-state index in [2.05, 4.69) is 10.6 Å². The van der Waals surface area contributed by atoms with Crippen LogP contribution in [0.5, 0.6) is 11.5 Å². The van der Waals surface area contributed by atoms with Crippen LogP contribution in [0.25, 0.3) is 0 Å². The van der Waals surface area contributed by atoms with E-state index in [1.54, 1.807) is 24.3 Å². The van der Waals surface area contributed by atoms with E-state index < -0.39 is 11.9 Å². The second-order valence-corrected chi connectivity index (χ2v) is 5.38. The third-order valence-electron chi connectivity index (χ3n) is 3.70. The van der Waals surface area contributed by atoms with Gasteiger partial charge in [-0.15, -0.1) is 0 Å². The number of ether oxygens (including phenoxy) is 3. The highest BCUT2D eigenvalue weighted by Gasteiger charge is 2.18. The number of nitriles is 1. The number of benzene rings is 2. The maximum atomic E-state index is 12.3. The molecule has 28 heavy (non-hydrogen) atoms. The van der Waals surface area contributed by atoms with Gasteiger partial charge in [-0.3, -0.25) is 4.79 Å². The number of amides is 1. The van der Waals surface area contributed by atoms with Crippen LogP contribution in [0.4, 0.5) is 11.4 Å². The zero-order valence-corrected chi connectivity index (χ0v) is 15.6. The number of nitrogens with one attached hydrogen (secondary N) is 2. The topological polar surface area (TPSA) is 110 Å². The quantitative estimate of drug-likeness (QED) is 0.431. The van der Waals surface area contributed by atoms with Gasteiger partial charge >= 0.3 is 5.97 Å². The van der Waals surface area contributed by atoms with Gasteiger partial charge in [0.25, 0.3) is 5.91 Å². The molecule has 0 aliphatic heterocycles. The smallest absolute Gasteiger partial charge is 0.340 e. The molecule has 0 atom stereocenters. The minimum atomic E-state index is -0.621. The molecule has 0 aromatic heterocycles. The Morgan fingerprint density at radius 1 is 1.04 bits per heavy atom. The highest BCUT2D eigenvalue weighted by molar-refractivity contribution is 6.07. The maximum Gasteiger partial charge on any atom is 0.340 e. The Kier molecular flexibility index (Phi) is 6.99. The summed E-state index contributed by atoms with van der Waals surface area (Å²) in [5, 5.41) is 14.7. The fourth-order valence-corrected chi connectivity index (χ4v) is 2.30. The van der Waals surface area contributed by atoms with Gasteiger partial charge in [0.1, 0.15) is 11.6 Å². The van der Waals surface area contributed by atoms with Crippen molar-refractivity contribution in [1.29, 1.82) is 5.26 Å². The monoisotopic (exact) mass is 381 g/mol. The Morgan fingerprint density at radius 3 is 2.25 bits per heavy atom. The molecule has 0 fully saturated rings. The van der Waals surface area contributed by atoms with E-state index in [1.807, 2.05) is 12.1 Å². The van der Waals surface area contributed by atoms with Crippen LogP contribution in [0.3, 0.4) is 0 Å². The van der Waals surface area contributed by atoms with Crippen LogP contribution in [0.1, 0.15) is 10.4 Å². The molecule has 2 aromatic rings. The maximum absolute atomic E-state index is 12.3. The van der Waals surface area contributed by atoms with Crippen LogP contribution in [0.2, 0.25) is 0 Å². The molecule has 0 radical (unpaired) electrons. The second kappa shape index (κ2) is 9.64. The molecule has 0 spiro atoms. The highest BCUT2D eigenvalue weighted by Crippen LogP contribution is 2.33. The van der Waals surface area contributed by atoms with Crippen molar-refractivity contribution in [3.8, 4) is 17.6 Å². The Labute approximate surface area is 162 Å². The fraction of sp³-hybridized carbons (Fsp3) is 0.150. The molecule has 0 heterocycles. The van der Waals surface area contributed by atoms with Gasteiger partial charge in [0.2, 0.25) is 0 Å². The Hall–Kier alpha value is -3.99. The average Bonchev–Trinajstić information content (AvgIpc) is 2.73. The summed E-state index contributed by atoms with van der Waals surface area (Å²) in [6.07, 6.45) is 1.20. The lowest BCUT2D eigenvalue weighted by Gasteiger charge is -2.14. The number of hydrogen-bond donors (Lipinski definition) is 2. The molecule has 8 heteroatoms. The summed E-state index contributed by atoms with van der Waals surface area (Å²) < 4.78 is 15.2. The molecular formula is C20H19N3O5. The third kappa shape index (κ3) is 4.80. The van der Waals surface area contributed by atoms with Crippen molar-refractivity contribution in [1.82, 2.24) is 0 Å². The zero-order valence-electron chi connectivity index (χ0n) is 15.6. The number of nitrogens with zero attached hydrogens (tertiary/aromatic N) is 1. The van der Waals surface area contributed by atoms with Crippen molar-refractivity contribution < 1.29 is 23.8 Å². The number of esters is 1. The summed E-state index contributed by atoms with van der Waals surface area (Å²) in [5.74, 6) is -0.525. The molecule has 2 rings (SSSR count). The highest BCUT2D eigenvalue weighted by atomic mass is 16.5. The number of rotatable bonds is 7. The number of hydrogen-bond acceptors (Lipinski definition) is 7. The van der Waals surface area contributed by atoms with E-state index in [4.69, 9.17) is 14.2 Å². The van der Waals surface area contributed by atoms with Gasteiger partial charge in [-0.05, 0) is 12.1 Å². The van der Waals surface area contributed by atoms with Crippen molar-refractivity contribution in [3.63, 3.8) is 0 Å². The van der Waals surface area contributed by atoms with E-state index in [-0.39, 0.29) is 16.8 Å². The van der Waals surface area contributed by atoms with Crippen molar-refractivity contribution in [3.05, 3.63) is 59.8 Å². The van der Waals surface area contributed by atoms with Gasteiger partial charge in [-0.1, -0.05) is 18.2 Å². The first-order valence-electron chi connectivity index (χ1n) is 8.11. The molecular weight excluding hydrogens is 362 g/mol. The predicted octanol–water partition coefficient (Wildman–Crippen LogP) is 2.95. The van der Waals surface area contributed by atoms with Crippen LogP contribution >= 0.6 is 0 Å². The van der Waals surface area contributed by atoms with Crippen LogP contribution < -0.4 is 20.1 Å². The van der Waals surface area contributed by atoms with E-state index in [1.165, 1.54) is 39.7 Å². The lowest BCUT2D eigenvalue weighted by Crippen LogP contribution is -2.15. The molecule has 0 aliphatic carbocycles. The number of anilines is 2. The zero-order chi connectivity index (χ0) is 20.5. The second-order valence-electron chi connectivity index (χ2n) is 5.38. The Balaban J connectivity index is 2.32. The number of para-hydroxylation sites is 1. The third-order valence-corrected chi connectivity index (χ3v) is 3.70. The molecule has 0 bridgehead atoms. The molecule has 0 unspecified atom stereocenters. The van der Waals surface area contributed by atoms with Crippen LogP contribution in [-0.2, 0) is 9.53 Å². The Bertz CT molecular complexity index is 933. The van der Waals surface area contributed by atoms with Gasteiger partial charge in [0.05, 0.1) is 32.6 Å². The first-order chi connectivity index (χ1) is 13.5. The number of carbonyl (C=O) groups excluding carboxylic acids is 2. The minimum absolute atomic E-state index is 0.150. The Morgan fingerprint density at radius 2 is 1.68 bits per heavy atom. The van der Waals surface area contributed by atoms with Crippen molar-refractivity contribution >= 4 is 23.3 Å². The van der Waals surface area contributed by atoms with Crippen LogP contribution in [0.15, 0.2) is 54.2 Å².